The van der Waals surface area contributed by atoms with Gasteiger partial charge in [0.15, 0.2) is 0 Å². The molecule has 0 bridgehead atoms. The normalized spacial score (nSPS) is 22.6. The lowest BCUT2D eigenvalue weighted by atomic mass is 9.58. The summed E-state index contributed by atoms with van der Waals surface area (Å²) in [6.45, 7) is 4.85. The Balaban J connectivity index is 2.53. The third-order valence-electron chi connectivity index (χ3n) is 5.15. The predicted octanol–water partition coefficient (Wildman–Crippen LogP) is 3.55. The van der Waals surface area contributed by atoms with Crippen LogP contribution < -0.4 is 5.73 Å². The first-order chi connectivity index (χ1) is 9.63. The molecule has 0 saturated carbocycles. The van der Waals surface area contributed by atoms with Crippen LogP contribution in [0.5, 0.6) is 0 Å². The fourth-order valence-electron chi connectivity index (χ4n) is 4.24. The van der Waals surface area contributed by atoms with Crippen molar-refractivity contribution in [2.24, 2.45) is 5.73 Å². The smallest absolute Gasteiger partial charge is 0.0756 e. The molecule has 1 unspecified atom stereocenters. The molecule has 0 radical (unpaired) electrons. The molecule has 2 nitrogen and oxygen atoms in total. The number of aliphatic hydroxyl groups is 1. The number of hydrogen-bond donors (Lipinski definition) is 2. The van der Waals surface area contributed by atoms with Gasteiger partial charge in [-0.3, -0.25) is 0 Å². The molecule has 0 fully saturated rings. The van der Waals surface area contributed by atoms with E-state index in [4.69, 9.17) is 5.73 Å². The van der Waals surface area contributed by atoms with Gasteiger partial charge in [-0.1, -0.05) is 51.0 Å². The Morgan fingerprint density at radius 3 is 2.45 bits per heavy atom. The van der Waals surface area contributed by atoms with E-state index in [-0.39, 0.29) is 5.41 Å². The van der Waals surface area contributed by atoms with Gasteiger partial charge in [-0.2, -0.15) is 0 Å². The zero-order valence-corrected chi connectivity index (χ0v) is 13.0. The van der Waals surface area contributed by atoms with Crippen molar-refractivity contribution in [3.8, 4) is 0 Å². The van der Waals surface area contributed by atoms with E-state index in [2.05, 4.69) is 38.1 Å². The summed E-state index contributed by atoms with van der Waals surface area (Å²) in [6.07, 6.45) is 6.94. The molecule has 0 saturated heterocycles. The van der Waals surface area contributed by atoms with Crippen molar-refractivity contribution in [1.82, 2.24) is 0 Å². The van der Waals surface area contributed by atoms with Gasteiger partial charge in [-0.15, -0.1) is 0 Å². The van der Waals surface area contributed by atoms with Crippen LogP contribution in [-0.2, 0) is 11.8 Å². The van der Waals surface area contributed by atoms with Crippen molar-refractivity contribution in [2.75, 3.05) is 6.54 Å². The molecule has 2 rings (SSSR count). The van der Waals surface area contributed by atoms with Crippen molar-refractivity contribution in [3.63, 3.8) is 0 Å². The molecule has 0 spiro atoms. The molecular formula is C18H29NO. The standard InChI is InChI=1S/C18H29NO/c1-3-11-18(20,12-4-2)17(14-19)13-7-9-15-8-5-6-10-16(15)17/h5-6,8,10,20H,3-4,7,9,11-14,19H2,1-2H3. The largest absolute Gasteiger partial charge is 0.389 e. The average Bonchev–Trinajstić information content (AvgIpc) is 2.47. The van der Waals surface area contributed by atoms with Crippen LogP contribution in [0.1, 0.15) is 63.5 Å². The summed E-state index contributed by atoms with van der Waals surface area (Å²) < 4.78 is 0. The van der Waals surface area contributed by atoms with E-state index in [0.29, 0.717) is 6.54 Å². The highest BCUT2D eigenvalue weighted by molar-refractivity contribution is 5.40. The van der Waals surface area contributed by atoms with E-state index < -0.39 is 5.60 Å². The molecule has 20 heavy (non-hydrogen) atoms. The first-order valence-corrected chi connectivity index (χ1v) is 8.14. The summed E-state index contributed by atoms with van der Waals surface area (Å²) >= 11 is 0. The number of fused-ring (bicyclic) bond motifs is 1. The first kappa shape index (κ1) is 15.5. The van der Waals surface area contributed by atoms with Gasteiger partial charge in [0.2, 0.25) is 0 Å². The summed E-state index contributed by atoms with van der Waals surface area (Å²) in [6, 6.07) is 8.59. The molecule has 1 aromatic rings. The molecule has 0 heterocycles. The number of hydrogen-bond acceptors (Lipinski definition) is 2. The van der Waals surface area contributed by atoms with Crippen LogP contribution in [0.2, 0.25) is 0 Å². The topological polar surface area (TPSA) is 46.2 Å². The lowest BCUT2D eigenvalue weighted by Gasteiger charge is -2.50. The van der Waals surface area contributed by atoms with Crippen LogP contribution in [0, 0.1) is 0 Å². The quantitative estimate of drug-likeness (QED) is 0.834. The van der Waals surface area contributed by atoms with E-state index in [1.807, 2.05) is 0 Å². The highest BCUT2D eigenvalue weighted by Crippen LogP contribution is 2.48. The molecule has 2 heteroatoms. The summed E-state index contributed by atoms with van der Waals surface area (Å²) in [5, 5.41) is 11.5. The Bertz CT molecular complexity index is 437. The Hall–Kier alpha value is -0.860. The second kappa shape index (κ2) is 6.28. The SMILES string of the molecule is CCCC(O)(CCC)C1(CN)CCCc2ccccc21. The van der Waals surface area contributed by atoms with E-state index >= 15 is 0 Å². The summed E-state index contributed by atoms with van der Waals surface area (Å²) in [5.41, 5.74) is 8.01. The maximum Gasteiger partial charge on any atom is 0.0756 e. The third-order valence-corrected chi connectivity index (χ3v) is 5.15. The Labute approximate surface area is 123 Å². The van der Waals surface area contributed by atoms with Crippen LogP contribution in [0.4, 0.5) is 0 Å². The van der Waals surface area contributed by atoms with Gasteiger partial charge < -0.3 is 10.8 Å². The van der Waals surface area contributed by atoms with Gasteiger partial charge in [-0.25, -0.2) is 0 Å². The van der Waals surface area contributed by atoms with Gasteiger partial charge in [0.1, 0.15) is 0 Å². The molecule has 1 atom stereocenters. The van der Waals surface area contributed by atoms with Crippen LogP contribution in [0.15, 0.2) is 24.3 Å². The molecule has 0 amide bonds. The Morgan fingerprint density at radius 2 is 1.85 bits per heavy atom. The lowest BCUT2D eigenvalue weighted by Crippen LogP contribution is -2.57. The monoisotopic (exact) mass is 275 g/mol. The van der Waals surface area contributed by atoms with Gasteiger partial charge >= 0.3 is 0 Å². The Morgan fingerprint density at radius 1 is 1.20 bits per heavy atom. The van der Waals surface area contributed by atoms with Gasteiger partial charge in [0.05, 0.1) is 5.60 Å². The fraction of sp³-hybridized carbons (Fsp3) is 0.667. The molecular weight excluding hydrogens is 246 g/mol. The molecule has 0 aromatic heterocycles. The number of nitrogens with two attached hydrogens (primary N) is 1. The average molecular weight is 275 g/mol. The zero-order chi connectivity index (χ0) is 14.6. The van der Waals surface area contributed by atoms with Crippen molar-refractivity contribution < 1.29 is 5.11 Å². The number of benzene rings is 1. The molecule has 3 N–H and O–H groups in total. The van der Waals surface area contributed by atoms with E-state index in [1.165, 1.54) is 11.1 Å². The van der Waals surface area contributed by atoms with Gasteiger partial charge in [-0.05, 0) is 43.2 Å². The minimum atomic E-state index is -0.665. The highest BCUT2D eigenvalue weighted by atomic mass is 16.3. The minimum absolute atomic E-state index is 0.256. The first-order valence-electron chi connectivity index (χ1n) is 8.14. The van der Waals surface area contributed by atoms with Crippen molar-refractivity contribution in [3.05, 3.63) is 35.4 Å². The number of rotatable bonds is 6. The number of aryl methyl sites for hydroxylation is 1. The molecule has 0 aliphatic heterocycles. The maximum absolute atomic E-state index is 11.5. The molecule has 112 valence electrons. The lowest BCUT2D eigenvalue weighted by molar-refractivity contribution is -0.0599. The summed E-state index contributed by atoms with van der Waals surface area (Å²) in [7, 11) is 0. The van der Waals surface area contributed by atoms with Crippen LogP contribution in [-0.4, -0.2) is 17.3 Å². The molecule has 1 aliphatic carbocycles. The maximum atomic E-state index is 11.5. The van der Waals surface area contributed by atoms with Crippen LogP contribution in [0.3, 0.4) is 0 Å². The second-order valence-electron chi connectivity index (χ2n) is 6.33. The molecule has 1 aliphatic rings. The van der Waals surface area contributed by atoms with Crippen LogP contribution >= 0.6 is 0 Å². The van der Waals surface area contributed by atoms with E-state index in [1.54, 1.807) is 0 Å². The van der Waals surface area contributed by atoms with Gasteiger partial charge in [0.25, 0.3) is 0 Å². The summed E-state index contributed by atoms with van der Waals surface area (Å²) in [5.74, 6) is 0. The van der Waals surface area contributed by atoms with Crippen molar-refractivity contribution in [2.45, 2.75) is 69.8 Å². The van der Waals surface area contributed by atoms with Crippen molar-refractivity contribution >= 4 is 0 Å². The van der Waals surface area contributed by atoms with E-state index in [0.717, 1.165) is 44.9 Å². The highest BCUT2D eigenvalue weighted by Gasteiger charge is 2.50. The Kier molecular flexibility index (Phi) is 4.87. The van der Waals surface area contributed by atoms with Crippen LogP contribution in [0.25, 0.3) is 0 Å². The zero-order valence-electron chi connectivity index (χ0n) is 13.0. The minimum Gasteiger partial charge on any atom is -0.389 e. The predicted molar refractivity (Wildman–Crippen MR) is 84.9 cm³/mol. The van der Waals surface area contributed by atoms with Gasteiger partial charge in [0, 0.05) is 12.0 Å². The second-order valence-corrected chi connectivity index (χ2v) is 6.33. The fourth-order valence-corrected chi connectivity index (χ4v) is 4.24. The third kappa shape index (κ3) is 2.40. The summed E-state index contributed by atoms with van der Waals surface area (Å²) in [4.78, 5) is 0. The van der Waals surface area contributed by atoms with Crippen molar-refractivity contribution in [1.29, 1.82) is 0 Å². The molecule has 1 aromatic carbocycles. The van der Waals surface area contributed by atoms with E-state index in [9.17, 15) is 5.11 Å².